The van der Waals surface area contributed by atoms with Crippen molar-refractivity contribution < 1.29 is 29.6 Å². The summed E-state index contributed by atoms with van der Waals surface area (Å²) in [7, 11) is 0. The number of piperidine rings is 1. The Hall–Kier alpha value is -3.11. The molecule has 1 saturated heterocycles. The number of aromatic nitrogens is 1. The molecule has 5 rings (SSSR count). The molecule has 1 fully saturated rings. The van der Waals surface area contributed by atoms with E-state index in [4.69, 9.17) is 36.1 Å². The highest BCUT2D eigenvalue weighted by molar-refractivity contribution is 7.19. The molecule has 4 aromatic rings. The average Bonchev–Trinajstić information content (AvgIpc) is 3.51. The second-order valence-electron chi connectivity index (χ2n) is 9.17. The third-order valence-electron chi connectivity index (χ3n) is 6.53. The predicted octanol–water partition coefficient (Wildman–Crippen LogP) is 5.20. The fraction of sp³-hybridized carbons (Fsp3) is 0.333. The van der Waals surface area contributed by atoms with Crippen molar-refractivity contribution in [3.8, 4) is 5.75 Å². The van der Waals surface area contributed by atoms with Gasteiger partial charge in [-0.05, 0) is 74.0 Å². The van der Waals surface area contributed by atoms with Gasteiger partial charge < -0.3 is 25.0 Å². The van der Waals surface area contributed by atoms with E-state index in [1.807, 2.05) is 47.9 Å². The number of benzene rings is 2. The van der Waals surface area contributed by atoms with Gasteiger partial charge in [-0.25, -0.2) is 9.59 Å². The fourth-order valence-corrected chi connectivity index (χ4v) is 6.16. The van der Waals surface area contributed by atoms with Gasteiger partial charge in [0.2, 0.25) is 0 Å². The second kappa shape index (κ2) is 12.0. The number of aliphatic hydroxyl groups excluding tert-OH is 1. The molecule has 0 aliphatic carbocycles. The molecule has 0 radical (unpaired) electrons. The summed E-state index contributed by atoms with van der Waals surface area (Å²) in [6.07, 6.45) is 3.61. The second-order valence-corrected chi connectivity index (χ2v) is 10.7. The lowest BCUT2D eigenvalue weighted by Crippen LogP contribution is -2.45. The SMILES string of the molecule is C[C@@H]1C[C@H](c2cc3ccc(Cl)cc3s2)CCN1C[C@H](O)COc1cccc2[nH]ccc12.O=C(O)C(=O)O. The van der Waals surface area contributed by atoms with Crippen LogP contribution >= 0.6 is 22.9 Å². The fourth-order valence-electron chi connectivity index (χ4n) is 4.67. The lowest BCUT2D eigenvalue weighted by atomic mass is 9.90. The van der Waals surface area contributed by atoms with Crippen LogP contribution in [-0.4, -0.2) is 69.0 Å². The Morgan fingerprint density at radius 2 is 1.97 bits per heavy atom. The number of aliphatic carboxylic acids is 2. The molecule has 1 aliphatic rings. The molecule has 0 saturated carbocycles. The number of rotatable bonds is 6. The van der Waals surface area contributed by atoms with Crippen molar-refractivity contribution in [2.75, 3.05) is 19.7 Å². The first-order valence-electron chi connectivity index (χ1n) is 12.0. The van der Waals surface area contributed by atoms with Gasteiger partial charge in [-0.2, -0.15) is 0 Å². The number of H-pyrrole nitrogens is 1. The van der Waals surface area contributed by atoms with E-state index in [2.05, 4.69) is 35.0 Å². The monoisotopic (exact) mass is 544 g/mol. The summed E-state index contributed by atoms with van der Waals surface area (Å²) in [4.78, 5) is 25.2. The van der Waals surface area contributed by atoms with Crippen LogP contribution in [0, 0.1) is 0 Å². The highest BCUT2D eigenvalue weighted by Crippen LogP contribution is 2.39. The topological polar surface area (TPSA) is 123 Å². The van der Waals surface area contributed by atoms with Crippen LogP contribution in [0.4, 0.5) is 0 Å². The molecule has 0 spiro atoms. The number of hydrogen-bond donors (Lipinski definition) is 4. The molecule has 2 aromatic heterocycles. The molecule has 196 valence electrons. The number of fused-ring (bicyclic) bond motifs is 2. The molecular weight excluding hydrogens is 516 g/mol. The molecule has 0 amide bonds. The zero-order valence-electron chi connectivity index (χ0n) is 20.3. The van der Waals surface area contributed by atoms with Crippen LogP contribution in [0.2, 0.25) is 5.02 Å². The molecule has 4 N–H and O–H groups in total. The molecular formula is C27H29ClN2O6S. The molecule has 2 aromatic carbocycles. The van der Waals surface area contributed by atoms with E-state index >= 15 is 0 Å². The number of carbonyl (C=O) groups is 2. The van der Waals surface area contributed by atoms with E-state index in [0.29, 0.717) is 25.1 Å². The van der Waals surface area contributed by atoms with Crippen molar-refractivity contribution in [1.82, 2.24) is 9.88 Å². The van der Waals surface area contributed by atoms with Gasteiger partial charge in [-0.1, -0.05) is 23.7 Å². The van der Waals surface area contributed by atoms with E-state index in [9.17, 15) is 5.11 Å². The Kier molecular flexibility index (Phi) is 8.71. The van der Waals surface area contributed by atoms with Crippen molar-refractivity contribution in [3.05, 3.63) is 64.6 Å². The maximum atomic E-state index is 10.6. The number of ether oxygens (including phenoxy) is 1. The summed E-state index contributed by atoms with van der Waals surface area (Å²) < 4.78 is 7.21. The molecule has 3 heterocycles. The minimum absolute atomic E-state index is 0.300. The van der Waals surface area contributed by atoms with Crippen molar-refractivity contribution >= 4 is 55.9 Å². The van der Waals surface area contributed by atoms with Gasteiger partial charge in [-0.15, -0.1) is 11.3 Å². The number of aromatic amines is 1. The van der Waals surface area contributed by atoms with E-state index in [0.717, 1.165) is 41.1 Å². The molecule has 0 unspecified atom stereocenters. The molecule has 37 heavy (non-hydrogen) atoms. The number of carboxylic acid groups (broad SMARTS) is 2. The van der Waals surface area contributed by atoms with Crippen molar-refractivity contribution in [2.24, 2.45) is 0 Å². The quantitative estimate of drug-likeness (QED) is 0.246. The lowest BCUT2D eigenvalue weighted by molar-refractivity contribution is -0.159. The summed E-state index contributed by atoms with van der Waals surface area (Å²) >= 11 is 8.02. The summed E-state index contributed by atoms with van der Waals surface area (Å²) in [5, 5.41) is 28.5. The summed E-state index contributed by atoms with van der Waals surface area (Å²) in [5.74, 6) is -2.26. The number of carboxylic acids is 2. The van der Waals surface area contributed by atoms with E-state index in [-0.39, 0.29) is 0 Å². The maximum absolute atomic E-state index is 10.6. The highest BCUT2D eigenvalue weighted by atomic mass is 35.5. The van der Waals surface area contributed by atoms with Crippen LogP contribution in [0.1, 0.15) is 30.6 Å². The average molecular weight is 545 g/mol. The Bertz CT molecular complexity index is 1370. The first-order chi connectivity index (χ1) is 17.7. The minimum atomic E-state index is -1.82. The molecule has 0 bridgehead atoms. The lowest BCUT2D eigenvalue weighted by Gasteiger charge is -2.38. The van der Waals surface area contributed by atoms with E-state index in [1.54, 1.807) is 0 Å². The normalized spacial score (nSPS) is 18.8. The number of likely N-dealkylation sites (tertiary alicyclic amines) is 1. The van der Waals surface area contributed by atoms with Gasteiger partial charge in [0, 0.05) is 44.3 Å². The number of hydrogen-bond acceptors (Lipinski definition) is 6. The number of β-amino-alcohol motifs (C(OH)–C–C–N with tert-alkyl or cyclic N) is 1. The van der Waals surface area contributed by atoms with Gasteiger partial charge in [0.25, 0.3) is 0 Å². The maximum Gasteiger partial charge on any atom is 0.414 e. The van der Waals surface area contributed by atoms with Gasteiger partial charge in [0.1, 0.15) is 18.5 Å². The summed E-state index contributed by atoms with van der Waals surface area (Å²) in [6.45, 7) is 4.20. The third-order valence-corrected chi connectivity index (χ3v) is 8.03. The highest BCUT2D eigenvalue weighted by Gasteiger charge is 2.28. The van der Waals surface area contributed by atoms with Crippen LogP contribution in [0.5, 0.6) is 5.75 Å². The Balaban J connectivity index is 0.000000480. The Morgan fingerprint density at radius 1 is 1.19 bits per heavy atom. The molecule has 8 nitrogen and oxygen atoms in total. The first kappa shape index (κ1) is 26.9. The Labute approximate surface area is 223 Å². The van der Waals surface area contributed by atoms with Crippen LogP contribution < -0.4 is 4.74 Å². The van der Waals surface area contributed by atoms with Gasteiger partial charge in [0.15, 0.2) is 0 Å². The van der Waals surface area contributed by atoms with E-state index < -0.39 is 18.0 Å². The van der Waals surface area contributed by atoms with Crippen molar-refractivity contribution in [3.63, 3.8) is 0 Å². The number of halogens is 1. The van der Waals surface area contributed by atoms with Crippen molar-refractivity contribution in [2.45, 2.75) is 37.8 Å². The van der Waals surface area contributed by atoms with E-state index in [1.165, 1.54) is 15.0 Å². The van der Waals surface area contributed by atoms with Gasteiger partial charge >= 0.3 is 11.9 Å². The van der Waals surface area contributed by atoms with Gasteiger partial charge in [0.05, 0.1) is 0 Å². The van der Waals surface area contributed by atoms with Crippen LogP contribution in [0.15, 0.2) is 54.7 Å². The molecule has 10 heteroatoms. The smallest absolute Gasteiger partial charge is 0.414 e. The largest absolute Gasteiger partial charge is 0.490 e. The number of aliphatic hydroxyl groups is 1. The molecule has 1 aliphatic heterocycles. The number of nitrogens with one attached hydrogen (secondary N) is 1. The van der Waals surface area contributed by atoms with Crippen LogP contribution in [0.25, 0.3) is 21.0 Å². The minimum Gasteiger partial charge on any atom is -0.490 e. The predicted molar refractivity (Wildman–Crippen MR) is 145 cm³/mol. The van der Waals surface area contributed by atoms with Crippen molar-refractivity contribution in [1.29, 1.82) is 0 Å². The van der Waals surface area contributed by atoms with Crippen LogP contribution in [-0.2, 0) is 9.59 Å². The summed E-state index contributed by atoms with van der Waals surface area (Å²) in [6, 6.07) is 16.8. The zero-order chi connectivity index (χ0) is 26.5. The van der Waals surface area contributed by atoms with Gasteiger partial charge in [-0.3, -0.25) is 4.90 Å². The summed E-state index contributed by atoms with van der Waals surface area (Å²) in [5.41, 5.74) is 1.05. The Morgan fingerprint density at radius 3 is 2.70 bits per heavy atom. The standard InChI is InChI=1S/C25H27ClN2O2S.C2H2O4/c1-16-11-18(24-12-17-5-6-19(26)13-25(17)31-24)8-10-28(16)14-20(29)15-30-23-4-2-3-22-21(23)7-9-27-22;3-1(4)2(5)6/h2-7,9,12-13,16,18,20,27,29H,8,10-11,14-15H2,1H3;(H,3,4)(H,5,6)/t16-,18-,20+;/m1./s1. The first-order valence-corrected chi connectivity index (χ1v) is 13.2. The molecule has 3 atom stereocenters. The number of thiophene rings is 1. The zero-order valence-corrected chi connectivity index (χ0v) is 21.8. The van der Waals surface area contributed by atoms with Crippen LogP contribution in [0.3, 0.4) is 0 Å². The number of nitrogens with zero attached hydrogens (tertiary/aromatic N) is 1. The third kappa shape index (κ3) is 6.81.